The highest BCUT2D eigenvalue weighted by atomic mass is 15.3. The van der Waals surface area contributed by atoms with E-state index < -0.39 is 0 Å². The van der Waals surface area contributed by atoms with Crippen molar-refractivity contribution in [2.45, 2.75) is 19.9 Å². The molecule has 3 nitrogen and oxygen atoms in total. The molecule has 64 valence electrons. The quantitative estimate of drug-likeness (QED) is 0.682. The first kappa shape index (κ1) is 7.40. The van der Waals surface area contributed by atoms with Gasteiger partial charge in [-0.1, -0.05) is 0 Å². The third kappa shape index (κ3) is 1.02. The second-order valence-corrected chi connectivity index (χ2v) is 3.29. The summed E-state index contributed by atoms with van der Waals surface area (Å²) in [6, 6.07) is 2.54. The van der Waals surface area contributed by atoms with Crippen LogP contribution in [0.3, 0.4) is 0 Å². The topological polar surface area (TPSA) is 28.2 Å². The van der Waals surface area contributed by atoms with Crippen LogP contribution >= 0.6 is 0 Å². The molecule has 12 heavy (non-hydrogen) atoms. The van der Waals surface area contributed by atoms with Crippen molar-refractivity contribution in [2.24, 2.45) is 0 Å². The van der Waals surface area contributed by atoms with Gasteiger partial charge in [0.2, 0.25) is 0 Å². The van der Waals surface area contributed by atoms with E-state index in [1.165, 1.54) is 11.4 Å². The number of anilines is 2. The summed E-state index contributed by atoms with van der Waals surface area (Å²) in [6.45, 7) is 5.27. The van der Waals surface area contributed by atoms with Crippen LogP contribution < -0.4 is 10.2 Å². The van der Waals surface area contributed by atoms with Gasteiger partial charge in [-0.05, 0) is 19.9 Å². The zero-order valence-electron chi connectivity index (χ0n) is 7.41. The average Bonchev–Trinajstić information content (AvgIpc) is 2.47. The molecule has 0 saturated heterocycles. The fourth-order valence-electron chi connectivity index (χ4n) is 1.48. The van der Waals surface area contributed by atoms with Crippen molar-refractivity contribution in [3.63, 3.8) is 0 Å². The normalized spacial score (nSPS) is 14.8. The first-order chi connectivity index (χ1) is 5.79. The Kier molecular flexibility index (Phi) is 1.64. The van der Waals surface area contributed by atoms with Gasteiger partial charge < -0.3 is 10.2 Å². The Morgan fingerprint density at radius 1 is 1.58 bits per heavy atom. The van der Waals surface area contributed by atoms with Gasteiger partial charge >= 0.3 is 0 Å². The maximum absolute atomic E-state index is 4.11. The molecule has 0 aromatic carbocycles. The molecule has 0 unspecified atom stereocenters. The van der Waals surface area contributed by atoms with Crippen molar-refractivity contribution in [3.05, 3.63) is 18.5 Å². The number of rotatable bonds is 1. The van der Waals surface area contributed by atoms with Crippen molar-refractivity contribution in [2.75, 3.05) is 16.9 Å². The summed E-state index contributed by atoms with van der Waals surface area (Å²) < 4.78 is 0. The van der Waals surface area contributed by atoms with Crippen LogP contribution in [0.5, 0.6) is 0 Å². The van der Waals surface area contributed by atoms with Gasteiger partial charge in [0.05, 0.1) is 24.2 Å². The minimum atomic E-state index is 0.531. The molecule has 0 fully saturated rings. The number of aromatic nitrogens is 1. The van der Waals surface area contributed by atoms with Crippen LogP contribution in [-0.2, 0) is 0 Å². The fraction of sp³-hybridized carbons (Fsp3) is 0.444. The zero-order chi connectivity index (χ0) is 8.55. The van der Waals surface area contributed by atoms with Crippen molar-refractivity contribution >= 4 is 11.4 Å². The van der Waals surface area contributed by atoms with Crippen molar-refractivity contribution in [3.8, 4) is 0 Å². The average molecular weight is 163 g/mol. The Morgan fingerprint density at radius 3 is 3.17 bits per heavy atom. The maximum atomic E-state index is 4.11. The Labute approximate surface area is 72.4 Å². The van der Waals surface area contributed by atoms with Crippen molar-refractivity contribution in [1.82, 2.24) is 4.98 Å². The Morgan fingerprint density at radius 2 is 2.42 bits per heavy atom. The molecule has 0 saturated carbocycles. The highest BCUT2D eigenvalue weighted by molar-refractivity contribution is 5.73. The highest BCUT2D eigenvalue weighted by Gasteiger charge is 2.19. The van der Waals surface area contributed by atoms with Gasteiger partial charge in [-0.25, -0.2) is 0 Å². The highest BCUT2D eigenvalue weighted by Crippen LogP contribution is 2.30. The molecule has 3 heteroatoms. The van der Waals surface area contributed by atoms with E-state index in [0.29, 0.717) is 6.04 Å². The molecule has 1 aliphatic heterocycles. The molecule has 1 N–H and O–H groups in total. The summed E-state index contributed by atoms with van der Waals surface area (Å²) in [5.74, 6) is 0. The molecular formula is C9H13N3. The van der Waals surface area contributed by atoms with Gasteiger partial charge in [-0.3, -0.25) is 4.98 Å². The molecule has 0 atom stereocenters. The van der Waals surface area contributed by atoms with Crippen LogP contribution in [0.1, 0.15) is 13.8 Å². The predicted octanol–water partition coefficient (Wildman–Crippen LogP) is 1.68. The fourth-order valence-corrected chi connectivity index (χ4v) is 1.48. The lowest BCUT2D eigenvalue weighted by Gasteiger charge is -2.21. The second kappa shape index (κ2) is 2.66. The Bertz CT molecular complexity index is 283. The molecular weight excluding hydrogens is 150 g/mol. The van der Waals surface area contributed by atoms with E-state index in [9.17, 15) is 0 Å². The van der Waals surface area contributed by atoms with E-state index in [0.717, 1.165) is 6.67 Å². The lowest BCUT2D eigenvalue weighted by molar-refractivity contribution is 0.726. The minimum absolute atomic E-state index is 0.531. The van der Waals surface area contributed by atoms with E-state index in [-0.39, 0.29) is 0 Å². The smallest absolute Gasteiger partial charge is 0.0880 e. The number of pyridine rings is 1. The lowest BCUT2D eigenvalue weighted by atomic mass is 10.3. The molecule has 0 bridgehead atoms. The standard InChI is InChI=1S/C9H13N3/c1-7(2)12-6-11-8-3-4-10-5-9(8)12/h3-5,7,11H,6H2,1-2H3. The predicted molar refractivity (Wildman–Crippen MR) is 50.3 cm³/mol. The van der Waals surface area contributed by atoms with Gasteiger partial charge in [0.1, 0.15) is 0 Å². The van der Waals surface area contributed by atoms with Crippen molar-refractivity contribution in [1.29, 1.82) is 0 Å². The molecule has 0 spiro atoms. The number of hydrogen-bond acceptors (Lipinski definition) is 3. The van der Waals surface area contributed by atoms with Gasteiger partial charge in [0.25, 0.3) is 0 Å². The monoisotopic (exact) mass is 163 g/mol. The third-order valence-electron chi connectivity index (χ3n) is 2.17. The molecule has 2 rings (SSSR count). The first-order valence-electron chi connectivity index (χ1n) is 4.23. The molecule has 0 radical (unpaired) electrons. The lowest BCUT2D eigenvalue weighted by Crippen LogP contribution is -2.30. The van der Waals surface area contributed by atoms with E-state index in [2.05, 4.69) is 29.0 Å². The molecule has 1 aromatic heterocycles. The van der Waals surface area contributed by atoms with Crippen LogP contribution in [-0.4, -0.2) is 17.7 Å². The summed E-state index contributed by atoms with van der Waals surface area (Å²) in [7, 11) is 0. The Balaban J connectivity index is 2.36. The largest absolute Gasteiger partial charge is 0.366 e. The summed E-state index contributed by atoms with van der Waals surface area (Å²) in [4.78, 5) is 6.40. The van der Waals surface area contributed by atoms with E-state index in [1.807, 2.05) is 18.5 Å². The number of nitrogens with zero attached hydrogens (tertiary/aromatic N) is 2. The van der Waals surface area contributed by atoms with Gasteiger partial charge in [0, 0.05) is 12.2 Å². The van der Waals surface area contributed by atoms with E-state index in [4.69, 9.17) is 0 Å². The van der Waals surface area contributed by atoms with Gasteiger partial charge in [0.15, 0.2) is 0 Å². The number of fused-ring (bicyclic) bond motifs is 1. The summed E-state index contributed by atoms with van der Waals surface area (Å²) in [5, 5.41) is 3.32. The van der Waals surface area contributed by atoms with E-state index in [1.54, 1.807) is 0 Å². The second-order valence-electron chi connectivity index (χ2n) is 3.29. The van der Waals surface area contributed by atoms with Crippen LogP contribution in [0, 0.1) is 0 Å². The SMILES string of the molecule is CC(C)N1CNc2ccncc21. The van der Waals surface area contributed by atoms with E-state index >= 15 is 0 Å². The van der Waals surface area contributed by atoms with Crippen LogP contribution in [0.4, 0.5) is 11.4 Å². The number of hydrogen-bond donors (Lipinski definition) is 1. The molecule has 1 aliphatic rings. The minimum Gasteiger partial charge on any atom is -0.366 e. The summed E-state index contributed by atoms with van der Waals surface area (Å²) in [5.41, 5.74) is 2.41. The molecule has 1 aromatic rings. The maximum Gasteiger partial charge on any atom is 0.0880 e. The summed E-state index contributed by atoms with van der Waals surface area (Å²) in [6.07, 6.45) is 3.73. The van der Waals surface area contributed by atoms with Gasteiger partial charge in [-0.2, -0.15) is 0 Å². The summed E-state index contributed by atoms with van der Waals surface area (Å²) >= 11 is 0. The molecule has 2 heterocycles. The van der Waals surface area contributed by atoms with Gasteiger partial charge in [-0.15, -0.1) is 0 Å². The van der Waals surface area contributed by atoms with Crippen LogP contribution in [0.25, 0.3) is 0 Å². The Hall–Kier alpha value is -1.25. The van der Waals surface area contributed by atoms with Crippen LogP contribution in [0.2, 0.25) is 0 Å². The molecule has 0 amide bonds. The third-order valence-corrected chi connectivity index (χ3v) is 2.17. The first-order valence-corrected chi connectivity index (χ1v) is 4.23. The zero-order valence-corrected chi connectivity index (χ0v) is 7.41. The number of nitrogens with one attached hydrogen (secondary N) is 1. The van der Waals surface area contributed by atoms with Crippen molar-refractivity contribution < 1.29 is 0 Å². The van der Waals surface area contributed by atoms with Crippen LogP contribution in [0.15, 0.2) is 18.5 Å². The molecule has 0 aliphatic carbocycles.